The minimum atomic E-state index is -0.476. The molecule has 0 unspecified atom stereocenters. The van der Waals surface area contributed by atoms with E-state index in [1.165, 1.54) is 5.56 Å². The van der Waals surface area contributed by atoms with Gasteiger partial charge in [0.15, 0.2) is 0 Å². The van der Waals surface area contributed by atoms with E-state index in [-0.39, 0.29) is 12.1 Å². The van der Waals surface area contributed by atoms with E-state index in [9.17, 15) is 4.79 Å². The van der Waals surface area contributed by atoms with Gasteiger partial charge < -0.3 is 15.0 Å². The third kappa shape index (κ3) is 9.56. The van der Waals surface area contributed by atoms with Crippen LogP contribution >= 0.6 is 0 Å². The summed E-state index contributed by atoms with van der Waals surface area (Å²) in [6.45, 7) is 12.1. The zero-order valence-corrected chi connectivity index (χ0v) is 16.1. The summed E-state index contributed by atoms with van der Waals surface area (Å²) in [7, 11) is 2.13. The van der Waals surface area contributed by atoms with Gasteiger partial charge >= 0.3 is 6.09 Å². The van der Waals surface area contributed by atoms with Crippen molar-refractivity contribution in [2.45, 2.75) is 59.1 Å². The fraction of sp³-hybridized carbons (Fsp3) is 0.650. The molecule has 0 aromatic heterocycles. The molecule has 0 heterocycles. The Morgan fingerprint density at radius 2 is 1.83 bits per heavy atom. The highest BCUT2D eigenvalue weighted by Crippen LogP contribution is 2.10. The molecule has 1 rings (SSSR count). The van der Waals surface area contributed by atoms with Crippen LogP contribution in [0.3, 0.4) is 0 Å². The maximum absolute atomic E-state index is 12.1. The van der Waals surface area contributed by atoms with Crippen LogP contribution in [-0.4, -0.2) is 42.8 Å². The second-order valence-electron chi connectivity index (χ2n) is 7.98. The van der Waals surface area contributed by atoms with E-state index in [4.69, 9.17) is 4.74 Å². The lowest BCUT2D eigenvalue weighted by Gasteiger charge is -2.26. The molecule has 1 N–H and O–H groups in total. The van der Waals surface area contributed by atoms with Gasteiger partial charge in [-0.2, -0.15) is 0 Å². The molecule has 1 atom stereocenters. The standard InChI is InChI=1S/C20H34N2O2/c1-16(2)15-22(6)13-12-18(14-17-10-8-7-9-11-17)21-19(23)24-20(3,4)5/h7-11,16,18H,12-15H2,1-6H3,(H,21,23)/t18-/m1/s1. The number of amides is 1. The van der Waals surface area contributed by atoms with Crippen LogP contribution in [0.4, 0.5) is 4.79 Å². The van der Waals surface area contributed by atoms with Gasteiger partial charge in [-0.15, -0.1) is 0 Å². The number of nitrogens with one attached hydrogen (secondary N) is 1. The molecule has 0 fully saturated rings. The number of alkyl carbamates (subject to hydrolysis) is 1. The summed E-state index contributed by atoms with van der Waals surface area (Å²) in [6, 6.07) is 10.3. The molecule has 1 aromatic rings. The van der Waals surface area contributed by atoms with E-state index < -0.39 is 5.60 Å². The lowest BCUT2D eigenvalue weighted by atomic mass is 10.0. The fourth-order valence-electron chi connectivity index (χ4n) is 2.69. The van der Waals surface area contributed by atoms with Crippen LogP contribution < -0.4 is 5.32 Å². The third-order valence-electron chi connectivity index (χ3n) is 3.58. The first-order valence-corrected chi connectivity index (χ1v) is 8.87. The number of hydrogen-bond donors (Lipinski definition) is 1. The lowest BCUT2D eigenvalue weighted by Crippen LogP contribution is -2.42. The molecule has 1 amide bonds. The molecule has 0 bridgehead atoms. The van der Waals surface area contributed by atoms with E-state index in [0.717, 1.165) is 25.9 Å². The number of nitrogens with zero attached hydrogens (tertiary/aromatic N) is 1. The monoisotopic (exact) mass is 334 g/mol. The zero-order chi connectivity index (χ0) is 18.2. The summed E-state index contributed by atoms with van der Waals surface area (Å²) in [5.74, 6) is 0.640. The molecule has 4 nitrogen and oxygen atoms in total. The quantitative estimate of drug-likeness (QED) is 0.778. The maximum atomic E-state index is 12.1. The summed E-state index contributed by atoms with van der Waals surface area (Å²) in [5.41, 5.74) is 0.751. The number of ether oxygens (including phenoxy) is 1. The summed E-state index contributed by atoms with van der Waals surface area (Å²) in [6.07, 6.45) is 1.38. The molecular weight excluding hydrogens is 300 g/mol. The van der Waals surface area contributed by atoms with Crippen LogP contribution in [-0.2, 0) is 11.2 Å². The van der Waals surface area contributed by atoms with Crippen molar-refractivity contribution in [1.82, 2.24) is 10.2 Å². The van der Waals surface area contributed by atoms with Crippen LogP contribution in [0.15, 0.2) is 30.3 Å². The summed E-state index contributed by atoms with van der Waals surface area (Å²) in [5, 5.41) is 3.04. The van der Waals surface area contributed by atoms with Crippen molar-refractivity contribution in [3.05, 3.63) is 35.9 Å². The molecule has 0 aliphatic carbocycles. The minimum absolute atomic E-state index is 0.0665. The van der Waals surface area contributed by atoms with Crippen LogP contribution in [0.2, 0.25) is 0 Å². The Morgan fingerprint density at radius 3 is 2.38 bits per heavy atom. The van der Waals surface area contributed by atoms with E-state index in [1.54, 1.807) is 0 Å². The number of rotatable bonds is 8. The van der Waals surface area contributed by atoms with Gasteiger partial charge in [0, 0.05) is 12.6 Å². The molecule has 136 valence electrons. The highest BCUT2D eigenvalue weighted by atomic mass is 16.6. The number of carbonyl (C=O) groups is 1. The van der Waals surface area contributed by atoms with Crippen LogP contribution in [0.25, 0.3) is 0 Å². The average Bonchev–Trinajstić information content (AvgIpc) is 2.43. The van der Waals surface area contributed by atoms with Crippen molar-refractivity contribution in [3.63, 3.8) is 0 Å². The van der Waals surface area contributed by atoms with Crippen molar-refractivity contribution in [2.24, 2.45) is 5.92 Å². The van der Waals surface area contributed by atoms with E-state index in [0.29, 0.717) is 5.92 Å². The van der Waals surface area contributed by atoms with Gasteiger partial charge in [0.2, 0.25) is 0 Å². The van der Waals surface area contributed by atoms with Gasteiger partial charge in [-0.25, -0.2) is 4.79 Å². The van der Waals surface area contributed by atoms with Gasteiger partial charge in [-0.1, -0.05) is 44.2 Å². The largest absolute Gasteiger partial charge is 0.444 e. The van der Waals surface area contributed by atoms with Gasteiger partial charge in [0.1, 0.15) is 5.60 Å². The number of hydrogen-bond acceptors (Lipinski definition) is 3. The SMILES string of the molecule is CC(C)CN(C)CC[C@H](Cc1ccccc1)NC(=O)OC(C)(C)C. The first-order chi connectivity index (χ1) is 11.2. The molecule has 4 heteroatoms. The Balaban J connectivity index is 2.63. The third-order valence-corrected chi connectivity index (χ3v) is 3.58. The predicted octanol–water partition coefficient (Wildman–Crippen LogP) is 4.10. The highest BCUT2D eigenvalue weighted by molar-refractivity contribution is 5.68. The van der Waals surface area contributed by atoms with Crippen molar-refractivity contribution >= 4 is 6.09 Å². The van der Waals surface area contributed by atoms with E-state index in [2.05, 4.69) is 43.2 Å². The highest BCUT2D eigenvalue weighted by Gasteiger charge is 2.20. The Morgan fingerprint density at radius 1 is 1.21 bits per heavy atom. The minimum Gasteiger partial charge on any atom is -0.444 e. The molecule has 0 saturated carbocycles. The van der Waals surface area contributed by atoms with Crippen LogP contribution in [0.1, 0.15) is 46.6 Å². The molecular formula is C20H34N2O2. The van der Waals surface area contributed by atoms with Crippen LogP contribution in [0, 0.1) is 5.92 Å². The molecule has 0 saturated heterocycles. The second kappa shape index (κ2) is 9.67. The van der Waals surface area contributed by atoms with Crippen molar-refractivity contribution in [2.75, 3.05) is 20.1 Å². The molecule has 0 aliphatic heterocycles. The summed E-state index contributed by atoms with van der Waals surface area (Å²) >= 11 is 0. The zero-order valence-electron chi connectivity index (χ0n) is 16.1. The van der Waals surface area contributed by atoms with Gasteiger partial charge in [0.25, 0.3) is 0 Å². The van der Waals surface area contributed by atoms with Crippen molar-refractivity contribution in [1.29, 1.82) is 0 Å². The topological polar surface area (TPSA) is 41.6 Å². The van der Waals surface area contributed by atoms with Crippen molar-refractivity contribution < 1.29 is 9.53 Å². The van der Waals surface area contributed by atoms with Crippen molar-refractivity contribution in [3.8, 4) is 0 Å². The van der Waals surface area contributed by atoms with Gasteiger partial charge in [0.05, 0.1) is 0 Å². The molecule has 0 aliphatic rings. The Labute approximate surface area is 147 Å². The first kappa shape index (κ1) is 20.5. The average molecular weight is 335 g/mol. The molecule has 1 aromatic carbocycles. The van der Waals surface area contributed by atoms with E-state index in [1.807, 2.05) is 39.0 Å². The number of carbonyl (C=O) groups excluding carboxylic acids is 1. The smallest absolute Gasteiger partial charge is 0.407 e. The Kier molecular flexibility index (Phi) is 8.26. The predicted molar refractivity (Wildman–Crippen MR) is 100 cm³/mol. The summed E-state index contributed by atoms with van der Waals surface area (Å²) in [4.78, 5) is 14.5. The molecule has 0 spiro atoms. The molecule has 0 radical (unpaired) electrons. The summed E-state index contributed by atoms with van der Waals surface area (Å²) < 4.78 is 5.41. The fourth-order valence-corrected chi connectivity index (χ4v) is 2.69. The molecule has 24 heavy (non-hydrogen) atoms. The van der Waals surface area contributed by atoms with Gasteiger partial charge in [-0.05, 0) is 58.7 Å². The van der Waals surface area contributed by atoms with E-state index >= 15 is 0 Å². The second-order valence-corrected chi connectivity index (χ2v) is 7.98. The normalized spacial score (nSPS) is 13.2. The maximum Gasteiger partial charge on any atom is 0.407 e. The Bertz CT molecular complexity index is 480. The first-order valence-electron chi connectivity index (χ1n) is 8.87. The van der Waals surface area contributed by atoms with Crippen LogP contribution in [0.5, 0.6) is 0 Å². The lowest BCUT2D eigenvalue weighted by molar-refractivity contribution is 0.0499. The Hall–Kier alpha value is -1.55. The van der Waals surface area contributed by atoms with Gasteiger partial charge in [-0.3, -0.25) is 0 Å². The number of benzene rings is 1.